The Labute approximate surface area is 89.5 Å². The fourth-order valence-electron chi connectivity index (χ4n) is 1.82. The quantitative estimate of drug-likeness (QED) is 0.842. The molecule has 0 aromatic carbocycles. The highest BCUT2D eigenvalue weighted by atomic mass is 19.4. The molecule has 0 bridgehead atoms. The number of halogens is 3. The summed E-state index contributed by atoms with van der Waals surface area (Å²) in [6.45, 7) is 0. The monoisotopic (exact) mass is 230 g/mol. The van der Waals surface area contributed by atoms with Crippen molar-refractivity contribution in [2.75, 3.05) is 0 Å². The lowest BCUT2D eigenvalue weighted by Crippen LogP contribution is -2.17. The van der Waals surface area contributed by atoms with Crippen LogP contribution in [0.5, 0.6) is 0 Å². The number of pyridine rings is 1. The van der Waals surface area contributed by atoms with Gasteiger partial charge in [0, 0.05) is 6.20 Å². The molecule has 2 atom stereocenters. The van der Waals surface area contributed by atoms with Crippen LogP contribution in [0, 0.1) is 5.92 Å². The Morgan fingerprint density at radius 3 is 2.69 bits per heavy atom. The van der Waals surface area contributed by atoms with Gasteiger partial charge in [0.05, 0.1) is 5.92 Å². The molecular formula is C10H9F3N2O. The Bertz CT molecular complexity index is 430. The third kappa shape index (κ3) is 1.87. The number of carbonyl (C=O) groups is 1. The first kappa shape index (κ1) is 10.9. The van der Waals surface area contributed by atoms with Gasteiger partial charge in [-0.05, 0) is 24.0 Å². The summed E-state index contributed by atoms with van der Waals surface area (Å²) in [4.78, 5) is 14.7. The largest absolute Gasteiger partial charge is 0.392 e. The standard InChI is InChI=1S/C10H9F3N2O/c11-10(12,13)7-4-6(7)5-2-1-3-15-8(5)9(14)16/h1-3,6-7H,4H2,(H2,14,16). The minimum Gasteiger partial charge on any atom is -0.364 e. The highest BCUT2D eigenvalue weighted by Gasteiger charge is 2.56. The molecule has 0 aliphatic heterocycles. The first-order chi connectivity index (χ1) is 7.41. The van der Waals surface area contributed by atoms with E-state index in [1.54, 1.807) is 0 Å². The zero-order chi connectivity index (χ0) is 11.9. The van der Waals surface area contributed by atoms with Crippen LogP contribution >= 0.6 is 0 Å². The van der Waals surface area contributed by atoms with E-state index in [4.69, 9.17) is 5.73 Å². The van der Waals surface area contributed by atoms with Crippen LogP contribution in [0.3, 0.4) is 0 Å². The molecule has 1 heterocycles. The van der Waals surface area contributed by atoms with Crippen molar-refractivity contribution in [3.63, 3.8) is 0 Å². The average molecular weight is 230 g/mol. The lowest BCUT2D eigenvalue weighted by Gasteiger charge is -2.07. The molecule has 0 radical (unpaired) electrons. The topological polar surface area (TPSA) is 56.0 Å². The second kappa shape index (κ2) is 3.47. The Hall–Kier alpha value is -1.59. The van der Waals surface area contributed by atoms with E-state index in [0.717, 1.165) is 0 Å². The Kier molecular flexibility index (Phi) is 2.36. The molecule has 16 heavy (non-hydrogen) atoms. The summed E-state index contributed by atoms with van der Waals surface area (Å²) in [6, 6.07) is 2.98. The number of primary amides is 1. The number of hydrogen-bond acceptors (Lipinski definition) is 2. The highest BCUT2D eigenvalue weighted by molar-refractivity contribution is 5.92. The van der Waals surface area contributed by atoms with E-state index >= 15 is 0 Å². The number of aromatic nitrogens is 1. The van der Waals surface area contributed by atoms with Gasteiger partial charge in [0.15, 0.2) is 0 Å². The summed E-state index contributed by atoms with van der Waals surface area (Å²) < 4.78 is 37.1. The summed E-state index contributed by atoms with van der Waals surface area (Å²) in [5.41, 5.74) is 5.30. The number of nitrogens with zero attached hydrogens (tertiary/aromatic N) is 1. The molecule has 0 saturated heterocycles. The molecule has 1 saturated carbocycles. The number of nitrogens with two attached hydrogens (primary N) is 1. The fourth-order valence-corrected chi connectivity index (χ4v) is 1.82. The van der Waals surface area contributed by atoms with Crippen LogP contribution in [0.4, 0.5) is 13.2 Å². The third-order valence-electron chi connectivity index (χ3n) is 2.68. The van der Waals surface area contributed by atoms with Gasteiger partial charge in [-0.25, -0.2) is 0 Å². The summed E-state index contributed by atoms with van der Waals surface area (Å²) in [6.07, 6.45) is -2.86. The molecule has 1 fully saturated rings. The molecule has 2 N–H and O–H groups in total. The number of hydrogen-bond donors (Lipinski definition) is 1. The number of rotatable bonds is 2. The normalized spacial score (nSPS) is 24.2. The maximum absolute atomic E-state index is 12.4. The van der Waals surface area contributed by atoms with E-state index in [1.807, 2.05) is 0 Å². The van der Waals surface area contributed by atoms with Crippen molar-refractivity contribution in [1.82, 2.24) is 4.98 Å². The van der Waals surface area contributed by atoms with Crippen molar-refractivity contribution in [2.45, 2.75) is 18.5 Å². The van der Waals surface area contributed by atoms with E-state index in [1.165, 1.54) is 18.3 Å². The van der Waals surface area contributed by atoms with Gasteiger partial charge in [0.2, 0.25) is 0 Å². The zero-order valence-corrected chi connectivity index (χ0v) is 8.16. The van der Waals surface area contributed by atoms with Gasteiger partial charge < -0.3 is 5.73 Å². The maximum Gasteiger partial charge on any atom is 0.392 e. The summed E-state index contributed by atoms with van der Waals surface area (Å²) in [5.74, 6) is -2.82. The zero-order valence-electron chi connectivity index (χ0n) is 8.16. The molecule has 6 heteroatoms. The molecule has 2 unspecified atom stereocenters. The number of alkyl halides is 3. The van der Waals surface area contributed by atoms with Crippen molar-refractivity contribution in [1.29, 1.82) is 0 Å². The number of amides is 1. The van der Waals surface area contributed by atoms with Crippen molar-refractivity contribution in [3.8, 4) is 0 Å². The Morgan fingerprint density at radius 2 is 2.19 bits per heavy atom. The molecule has 1 aromatic heterocycles. The lowest BCUT2D eigenvalue weighted by molar-refractivity contribution is -0.148. The molecule has 3 nitrogen and oxygen atoms in total. The van der Waals surface area contributed by atoms with Crippen LogP contribution in [0.2, 0.25) is 0 Å². The first-order valence-corrected chi connectivity index (χ1v) is 4.72. The second-order valence-corrected chi connectivity index (χ2v) is 3.80. The molecule has 0 spiro atoms. The van der Waals surface area contributed by atoms with E-state index in [2.05, 4.69) is 4.98 Å². The Balaban J connectivity index is 2.27. The first-order valence-electron chi connectivity index (χ1n) is 4.72. The van der Waals surface area contributed by atoms with E-state index in [9.17, 15) is 18.0 Å². The van der Waals surface area contributed by atoms with Gasteiger partial charge >= 0.3 is 6.18 Å². The average Bonchev–Trinajstić information content (AvgIpc) is 2.96. The minimum atomic E-state index is -4.21. The van der Waals surface area contributed by atoms with Crippen LogP contribution in [-0.4, -0.2) is 17.1 Å². The van der Waals surface area contributed by atoms with Gasteiger partial charge in [-0.2, -0.15) is 13.2 Å². The summed E-state index contributed by atoms with van der Waals surface area (Å²) in [7, 11) is 0. The van der Waals surface area contributed by atoms with Crippen molar-refractivity contribution < 1.29 is 18.0 Å². The smallest absolute Gasteiger partial charge is 0.364 e. The van der Waals surface area contributed by atoms with Crippen LogP contribution < -0.4 is 5.73 Å². The van der Waals surface area contributed by atoms with Gasteiger partial charge in [-0.3, -0.25) is 9.78 Å². The summed E-state index contributed by atoms with van der Waals surface area (Å²) >= 11 is 0. The molecule has 1 aliphatic carbocycles. The molecule has 86 valence electrons. The van der Waals surface area contributed by atoms with Gasteiger partial charge in [-0.15, -0.1) is 0 Å². The Morgan fingerprint density at radius 1 is 1.50 bits per heavy atom. The molecular weight excluding hydrogens is 221 g/mol. The van der Waals surface area contributed by atoms with Crippen LogP contribution in [0.25, 0.3) is 0 Å². The maximum atomic E-state index is 12.4. The highest BCUT2D eigenvalue weighted by Crippen LogP contribution is 2.56. The predicted octanol–water partition coefficient (Wildman–Crippen LogP) is 1.85. The van der Waals surface area contributed by atoms with Gasteiger partial charge in [0.1, 0.15) is 5.69 Å². The van der Waals surface area contributed by atoms with E-state index < -0.39 is 23.9 Å². The predicted molar refractivity (Wildman–Crippen MR) is 49.7 cm³/mol. The van der Waals surface area contributed by atoms with Crippen molar-refractivity contribution in [2.24, 2.45) is 11.7 Å². The molecule has 1 aromatic rings. The van der Waals surface area contributed by atoms with Crippen LogP contribution in [0.1, 0.15) is 28.4 Å². The summed E-state index contributed by atoms with van der Waals surface area (Å²) in [5, 5.41) is 0. The van der Waals surface area contributed by atoms with Crippen molar-refractivity contribution >= 4 is 5.91 Å². The molecule has 1 aliphatic rings. The minimum absolute atomic E-state index is 0.00940. The van der Waals surface area contributed by atoms with Crippen molar-refractivity contribution in [3.05, 3.63) is 29.6 Å². The fraction of sp³-hybridized carbons (Fsp3) is 0.400. The lowest BCUT2D eigenvalue weighted by atomic mass is 10.1. The van der Waals surface area contributed by atoms with E-state index in [0.29, 0.717) is 5.56 Å². The SMILES string of the molecule is NC(=O)c1ncccc1C1CC1C(F)(F)F. The third-order valence-corrected chi connectivity index (χ3v) is 2.68. The second-order valence-electron chi connectivity index (χ2n) is 3.80. The molecule has 1 amide bonds. The van der Waals surface area contributed by atoms with Crippen LogP contribution in [-0.2, 0) is 0 Å². The van der Waals surface area contributed by atoms with Crippen LogP contribution in [0.15, 0.2) is 18.3 Å². The number of carbonyl (C=O) groups excluding carboxylic acids is 1. The van der Waals surface area contributed by atoms with Gasteiger partial charge in [0.25, 0.3) is 5.91 Å². The molecule has 2 rings (SSSR count). The van der Waals surface area contributed by atoms with Gasteiger partial charge in [-0.1, -0.05) is 6.07 Å². The van der Waals surface area contributed by atoms with E-state index in [-0.39, 0.29) is 12.1 Å².